The number of amides is 2. The predicted molar refractivity (Wildman–Crippen MR) is 244 cm³/mol. The molecular formula is C50H40N8O2. The molecule has 2 N–H and O–H groups in total. The quantitative estimate of drug-likeness (QED) is 0.144. The number of benzene rings is 6. The van der Waals surface area contributed by atoms with Crippen molar-refractivity contribution in [3.05, 3.63) is 193 Å². The molecular weight excluding hydrogens is 745 g/mol. The van der Waals surface area contributed by atoms with E-state index < -0.39 is 0 Å². The van der Waals surface area contributed by atoms with E-state index in [1.54, 1.807) is 0 Å². The van der Waals surface area contributed by atoms with Gasteiger partial charge in [0.05, 0.1) is 23.0 Å². The topological polar surface area (TPSA) is 114 Å². The second-order valence-corrected chi connectivity index (χ2v) is 14.5. The van der Waals surface area contributed by atoms with Crippen LogP contribution in [0.2, 0.25) is 0 Å². The minimum Gasteiger partial charge on any atom is -0.326 e. The number of carbonyl (C=O) groups is 2. The number of hydrogen-bond donors (Lipinski definition) is 2. The van der Waals surface area contributed by atoms with Gasteiger partial charge in [-0.3, -0.25) is 9.59 Å². The number of nitrogens with zero attached hydrogens (tertiary/aromatic N) is 6. The molecule has 10 heteroatoms. The monoisotopic (exact) mass is 784 g/mol. The lowest BCUT2D eigenvalue weighted by Crippen LogP contribution is -2.28. The smallest absolute Gasteiger partial charge is 0.221 e. The Hall–Kier alpha value is -7.98. The molecule has 1 atom stereocenters. The Balaban J connectivity index is 1.15. The molecule has 0 aromatic heterocycles. The molecule has 0 radical (unpaired) electrons. The number of allylic oxidation sites excluding steroid dienone is 4. The molecule has 1 aliphatic carbocycles. The summed E-state index contributed by atoms with van der Waals surface area (Å²) in [5.74, 6) is 0.652. The summed E-state index contributed by atoms with van der Waals surface area (Å²) in [7, 11) is 0. The second-order valence-electron chi connectivity index (χ2n) is 14.5. The van der Waals surface area contributed by atoms with E-state index in [-0.39, 0.29) is 17.7 Å². The highest BCUT2D eigenvalue weighted by molar-refractivity contribution is 6.28. The average Bonchev–Trinajstić information content (AvgIpc) is 3.58. The van der Waals surface area contributed by atoms with Crippen LogP contribution in [0.15, 0.2) is 202 Å². The van der Waals surface area contributed by atoms with Crippen LogP contribution < -0.4 is 20.4 Å². The third-order valence-corrected chi connectivity index (χ3v) is 10.2. The zero-order valence-corrected chi connectivity index (χ0v) is 33.0. The highest BCUT2D eigenvalue weighted by atomic mass is 16.2. The maximum absolute atomic E-state index is 12.8. The second kappa shape index (κ2) is 16.5. The largest absolute Gasteiger partial charge is 0.326 e. The minimum absolute atomic E-state index is 0.224. The van der Waals surface area contributed by atoms with Gasteiger partial charge in [-0.25, -0.2) is 20.0 Å². The highest BCUT2D eigenvalue weighted by Crippen LogP contribution is 2.40. The standard InChI is InChI=1S/C50H40N8O2/c1-33(59)51-46-31-40(57(36-17-7-3-8-18-36)37-19-9-4-10-20-37)26-28-42(46)48-53-35-16-15-25-45-44(30-35)50(55-48)56-49(54-45)43-29-27-41(32-47(43)52-34(2)60)58(38-21-11-5-12-22-38)39-23-13-6-14-24-39/h3-29,31-32,44H,30H2,1-2H3,(H,51,59)(H,52,60). The van der Waals surface area contributed by atoms with Crippen LogP contribution in [0.4, 0.5) is 45.5 Å². The Bertz CT molecular complexity index is 2710. The normalized spacial score (nSPS) is 15.2. The molecule has 2 heterocycles. The van der Waals surface area contributed by atoms with Crippen LogP contribution >= 0.6 is 0 Å². The average molecular weight is 785 g/mol. The Morgan fingerprint density at radius 1 is 0.517 bits per heavy atom. The van der Waals surface area contributed by atoms with Gasteiger partial charge in [-0.05, 0) is 97.1 Å². The third kappa shape index (κ3) is 7.81. The van der Waals surface area contributed by atoms with Gasteiger partial charge >= 0.3 is 0 Å². The van der Waals surface area contributed by atoms with Crippen molar-refractivity contribution in [3.8, 4) is 0 Å². The number of anilines is 8. The lowest BCUT2D eigenvalue weighted by Gasteiger charge is -2.27. The number of aliphatic imine (C=N–C) groups is 4. The SMILES string of the molecule is CC(=O)Nc1cc(N(c2ccccc2)c2ccccc2)ccc1C1=NC2=CC=CC3=NC(c4ccc(N(c5ccccc5)c5ccccc5)cc4NC(C)=O)=NC(=N1)C3C2. The Morgan fingerprint density at radius 2 is 0.950 bits per heavy atom. The molecule has 6 aromatic rings. The van der Waals surface area contributed by atoms with E-state index in [9.17, 15) is 9.59 Å². The van der Waals surface area contributed by atoms with Crippen molar-refractivity contribution in [2.45, 2.75) is 20.3 Å². The number of rotatable bonds is 10. The van der Waals surface area contributed by atoms with Crippen molar-refractivity contribution in [2.24, 2.45) is 25.9 Å². The van der Waals surface area contributed by atoms with Crippen molar-refractivity contribution in [1.29, 1.82) is 0 Å². The fourth-order valence-corrected chi connectivity index (χ4v) is 7.65. The molecule has 2 bridgehead atoms. The summed E-state index contributed by atoms with van der Waals surface area (Å²) in [4.78, 5) is 50.3. The summed E-state index contributed by atoms with van der Waals surface area (Å²) in [5, 5.41) is 6.12. The first-order chi connectivity index (χ1) is 29.4. The van der Waals surface area contributed by atoms with Gasteiger partial charge in [0.25, 0.3) is 0 Å². The summed E-state index contributed by atoms with van der Waals surface area (Å²) in [5.41, 5.74) is 9.56. The predicted octanol–water partition coefficient (Wildman–Crippen LogP) is 11.1. The third-order valence-electron chi connectivity index (χ3n) is 10.2. The molecule has 0 spiro atoms. The molecule has 9 rings (SSSR count). The number of fused-ring (bicyclic) bond motifs is 1. The first kappa shape index (κ1) is 37.6. The summed E-state index contributed by atoms with van der Waals surface area (Å²) in [6.45, 7) is 2.98. The van der Waals surface area contributed by atoms with Crippen molar-refractivity contribution in [3.63, 3.8) is 0 Å². The van der Waals surface area contributed by atoms with Gasteiger partial charge in [0.2, 0.25) is 11.8 Å². The van der Waals surface area contributed by atoms with E-state index in [1.165, 1.54) is 13.8 Å². The molecule has 0 saturated carbocycles. The number of nitrogens with one attached hydrogen (secondary N) is 2. The van der Waals surface area contributed by atoms with E-state index in [1.807, 2.05) is 152 Å². The van der Waals surface area contributed by atoms with Crippen LogP contribution in [0.3, 0.4) is 0 Å². The number of carbonyl (C=O) groups excluding carboxylic acids is 2. The fourth-order valence-electron chi connectivity index (χ4n) is 7.65. The number of amidine groups is 3. The Morgan fingerprint density at radius 3 is 1.38 bits per heavy atom. The Labute approximate surface area is 348 Å². The van der Waals surface area contributed by atoms with Gasteiger partial charge in [0.15, 0.2) is 11.7 Å². The summed E-state index contributed by atoms with van der Waals surface area (Å²) in [6.07, 6.45) is 6.43. The van der Waals surface area contributed by atoms with E-state index in [0.717, 1.165) is 45.5 Å². The maximum Gasteiger partial charge on any atom is 0.221 e. The van der Waals surface area contributed by atoms with Crippen molar-refractivity contribution in [2.75, 3.05) is 20.4 Å². The van der Waals surface area contributed by atoms with Crippen LogP contribution in [0.25, 0.3) is 0 Å². The number of para-hydroxylation sites is 4. The molecule has 2 amide bonds. The van der Waals surface area contributed by atoms with Gasteiger partial charge in [-0.2, -0.15) is 0 Å². The summed E-state index contributed by atoms with van der Waals surface area (Å²) >= 11 is 0. The van der Waals surface area contributed by atoms with Crippen molar-refractivity contribution >= 4 is 80.5 Å². The van der Waals surface area contributed by atoms with E-state index in [2.05, 4.69) is 44.7 Å². The summed E-state index contributed by atoms with van der Waals surface area (Å²) in [6, 6.07) is 52.2. The Kier molecular flexibility index (Phi) is 10.3. The molecule has 0 saturated heterocycles. The van der Waals surface area contributed by atoms with Crippen LogP contribution in [-0.2, 0) is 9.59 Å². The molecule has 1 unspecified atom stereocenters. The maximum atomic E-state index is 12.8. The van der Waals surface area contributed by atoms with Crippen LogP contribution in [0.5, 0.6) is 0 Å². The molecule has 3 aliphatic rings. The van der Waals surface area contributed by atoms with Gasteiger partial charge in [-0.1, -0.05) is 78.9 Å². The van der Waals surface area contributed by atoms with E-state index >= 15 is 0 Å². The zero-order chi connectivity index (χ0) is 41.0. The minimum atomic E-state index is -0.259. The van der Waals surface area contributed by atoms with Gasteiger partial charge in [0.1, 0.15) is 5.84 Å². The molecule has 292 valence electrons. The van der Waals surface area contributed by atoms with E-state index in [4.69, 9.17) is 20.0 Å². The van der Waals surface area contributed by atoms with Crippen LogP contribution in [-0.4, -0.2) is 35.0 Å². The lowest BCUT2D eigenvalue weighted by atomic mass is 9.95. The molecule has 60 heavy (non-hydrogen) atoms. The van der Waals surface area contributed by atoms with E-state index in [0.29, 0.717) is 46.4 Å². The fraction of sp³-hybridized carbons (Fsp3) is 0.0800. The first-order valence-electron chi connectivity index (χ1n) is 19.7. The van der Waals surface area contributed by atoms with Crippen LogP contribution in [0, 0.1) is 5.92 Å². The van der Waals surface area contributed by atoms with Crippen molar-refractivity contribution in [1.82, 2.24) is 0 Å². The van der Waals surface area contributed by atoms with Gasteiger partial charge < -0.3 is 20.4 Å². The lowest BCUT2D eigenvalue weighted by molar-refractivity contribution is -0.115. The zero-order valence-electron chi connectivity index (χ0n) is 33.0. The molecule has 10 nitrogen and oxygen atoms in total. The molecule has 6 aromatic carbocycles. The molecule has 2 aliphatic heterocycles. The van der Waals surface area contributed by atoms with Crippen molar-refractivity contribution < 1.29 is 9.59 Å². The van der Waals surface area contributed by atoms with Gasteiger partial charge in [-0.15, -0.1) is 0 Å². The highest BCUT2D eigenvalue weighted by Gasteiger charge is 2.32. The summed E-state index contributed by atoms with van der Waals surface area (Å²) < 4.78 is 0. The molecule has 0 fully saturated rings. The van der Waals surface area contributed by atoms with Gasteiger partial charge in [0, 0.05) is 71.2 Å². The van der Waals surface area contributed by atoms with Crippen LogP contribution in [0.1, 0.15) is 31.4 Å². The number of hydrogen-bond acceptors (Lipinski definition) is 8. The first-order valence-corrected chi connectivity index (χ1v) is 19.7.